The van der Waals surface area contributed by atoms with Crippen molar-refractivity contribution in [3.63, 3.8) is 0 Å². The molecular weight excluding hydrogens is 378 g/mol. The lowest BCUT2D eigenvalue weighted by molar-refractivity contribution is 0.711. The summed E-state index contributed by atoms with van der Waals surface area (Å²) in [4.78, 5) is 0. The van der Waals surface area contributed by atoms with Gasteiger partial charge in [0.1, 0.15) is 0 Å². The van der Waals surface area contributed by atoms with Crippen molar-refractivity contribution >= 4 is 32.7 Å². The minimum Gasteiger partial charge on any atom is -0.347 e. The first-order chi connectivity index (χ1) is 15.5. The number of nitrogens with zero attached hydrogens (tertiary/aromatic N) is 3. The minimum atomic E-state index is -1.10. The lowest BCUT2D eigenvalue weighted by Gasteiger charge is -2.21. The van der Waals surface area contributed by atoms with Gasteiger partial charge in [-0.1, -0.05) is 54.6 Å². The van der Waals surface area contributed by atoms with Crippen LogP contribution in [0.25, 0.3) is 32.7 Å². The molecule has 0 aliphatic carbocycles. The zero-order chi connectivity index (χ0) is 22.0. The molecule has 0 unspecified atom stereocenters. The number of benzene rings is 3. The molecule has 6 aromatic rings. The highest BCUT2D eigenvalue weighted by Gasteiger charge is 2.27. The molecule has 0 spiro atoms. The number of rotatable bonds is 3. The van der Waals surface area contributed by atoms with Crippen LogP contribution in [0.2, 0.25) is 0 Å². The van der Waals surface area contributed by atoms with Crippen LogP contribution in [-0.4, -0.2) is 13.7 Å². The van der Waals surface area contributed by atoms with E-state index >= 15 is 0 Å². The number of para-hydroxylation sites is 3. The highest BCUT2D eigenvalue weighted by Crippen LogP contribution is 2.39. The quantitative estimate of drug-likeness (QED) is 0.327. The maximum Gasteiger partial charge on any atom is 0.0798 e. The molecule has 0 fully saturated rings. The fourth-order valence-electron chi connectivity index (χ4n) is 4.98. The van der Waals surface area contributed by atoms with Crippen molar-refractivity contribution in [2.45, 2.75) is 5.89 Å². The van der Waals surface area contributed by atoms with E-state index in [2.05, 4.69) is 126 Å². The van der Waals surface area contributed by atoms with Crippen LogP contribution in [0.1, 0.15) is 24.3 Å². The minimum absolute atomic E-state index is 0.954. The average Bonchev–Trinajstić information content (AvgIpc) is 3.46. The second-order valence-corrected chi connectivity index (χ2v) is 8.32. The van der Waals surface area contributed by atoms with Crippen LogP contribution in [0.3, 0.4) is 0 Å². The van der Waals surface area contributed by atoms with E-state index in [-0.39, 0.29) is 0 Å². The number of hydrogen-bond acceptors (Lipinski definition) is 0. The molecule has 0 bridgehead atoms. The first-order valence-electron chi connectivity index (χ1n) is 11.1. The number of fused-ring (bicyclic) bond motifs is 3. The Morgan fingerprint density at radius 3 is 1.10 bits per heavy atom. The lowest BCUT2D eigenvalue weighted by Crippen LogP contribution is -2.14. The van der Waals surface area contributed by atoms with E-state index in [9.17, 15) is 1.37 Å². The number of aromatic nitrogens is 3. The third kappa shape index (κ3) is 2.59. The molecule has 3 aromatic heterocycles. The van der Waals surface area contributed by atoms with E-state index < -0.39 is 5.89 Å². The fourth-order valence-corrected chi connectivity index (χ4v) is 4.98. The molecule has 0 saturated heterocycles. The molecule has 3 heterocycles. The maximum atomic E-state index is 10.2. The van der Waals surface area contributed by atoms with Crippen molar-refractivity contribution in [3.8, 4) is 0 Å². The standard InChI is InChI=1S/C28H25N3/c1-29-22-13-7-4-10-19(22)16-25(29)28(26-17-20-11-5-8-14-23(20)30(26)2)27-18-21-12-6-9-15-24(21)31(27)3/h4-18,28H,1-3H3/i28D. The van der Waals surface area contributed by atoms with Gasteiger partial charge in [0.25, 0.3) is 0 Å². The van der Waals surface area contributed by atoms with E-state index in [1.54, 1.807) is 0 Å². The highest BCUT2D eigenvalue weighted by atomic mass is 15.0. The Kier molecular flexibility index (Phi) is 3.65. The smallest absolute Gasteiger partial charge is 0.0798 e. The molecule has 0 saturated carbocycles. The maximum absolute atomic E-state index is 10.2. The van der Waals surface area contributed by atoms with Gasteiger partial charge in [-0.15, -0.1) is 0 Å². The predicted molar refractivity (Wildman–Crippen MR) is 130 cm³/mol. The van der Waals surface area contributed by atoms with E-state index in [0.717, 1.165) is 49.8 Å². The van der Waals surface area contributed by atoms with Crippen LogP contribution in [0.15, 0.2) is 91.0 Å². The van der Waals surface area contributed by atoms with Gasteiger partial charge in [0.2, 0.25) is 0 Å². The van der Waals surface area contributed by atoms with Crippen molar-refractivity contribution < 1.29 is 1.37 Å². The van der Waals surface area contributed by atoms with Gasteiger partial charge in [0.05, 0.1) is 5.89 Å². The first-order valence-corrected chi connectivity index (χ1v) is 10.6. The molecule has 0 aliphatic rings. The molecule has 0 amide bonds. The summed E-state index contributed by atoms with van der Waals surface area (Å²) in [6.45, 7) is 0. The van der Waals surface area contributed by atoms with Crippen molar-refractivity contribution in [2.75, 3.05) is 0 Å². The van der Waals surface area contributed by atoms with Crippen molar-refractivity contribution in [2.24, 2.45) is 21.1 Å². The first kappa shape index (κ1) is 17.0. The summed E-state index contributed by atoms with van der Waals surface area (Å²) < 4.78 is 16.7. The summed E-state index contributed by atoms with van der Waals surface area (Å²) in [6.07, 6.45) is 0. The zero-order valence-electron chi connectivity index (χ0n) is 19.0. The van der Waals surface area contributed by atoms with Crippen LogP contribution in [-0.2, 0) is 21.1 Å². The van der Waals surface area contributed by atoms with Gasteiger partial charge < -0.3 is 13.7 Å². The molecule has 3 heteroatoms. The molecule has 0 aliphatic heterocycles. The van der Waals surface area contributed by atoms with Gasteiger partial charge in [-0.3, -0.25) is 0 Å². The summed E-state index contributed by atoms with van der Waals surface area (Å²) in [6, 6.07) is 31.7. The van der Waals surface area contributed by atoms with Crippen molar-refractivity contribution in [3.05, 3.63) is 108 Å². The Balaban J connectivity index is 1.76. The van der Waals surface area contributed by atoms with Crippen molar-refractivity contribution in [1.82, 2.24) is 13.7 Å². The molecule has 0 atom stereocenters. The molecule has 3 aromatic carbocycles. The van der Waals surface area contributed by atoms with Gasteiger partial charge in [0.15, 0.2) is 0 Å². The van der Waals surface area contributed by atoms with E-state index in [4.69, 9.17) is 0 Å². The van der Waals surface area contributed by atoms with Crippen LogP contribution in [0.4, 0.5) is 0 Å². The second-order valence-electron chi connectivity index (χ2n) is 8.32. The average molecular weight is 405 g/mol. The molecule has 3 nitrogen and oxygen atoms in total. The second kappa shape index (κ2) is 6.64. The van der Waals surface area contributed by atoms with Crippen LogP contribution >= 0.6 is 0 Å². The normalized spacial score (nSPS) is 12.8. The zero-order valence-corrected chi connectivity index (χ0v) is 18.0. The molecular formula is C28H25N3. The Hall–Kier alpha value is -3.72. The van der Waals surface area contributed by atoms with Gasteiger partial charge in [-0.2, -0.15) is 0 Å². The van der Waals surface area contributed by atoms with Crippen LogP contribution < -0.4 is 0 Å². The summed E-state index contributed by atoms with van der Waals surface area (Å²) in [7, 11) is 6.23. The highest BCUT2D eigenvalue weighted by molar-refractivity contribution is 5.85. The van der Waals surface area contributed by atoms with Gasteiger partial charge in [-0.25, -0.2) is 0 Å². The lowest BCUT2D eigenvalue weighted by atomic mass is 9.96. The fraction of sp³-hybridized carbons (Fsp3) is 0.143. The van der Waals surface area contributed by atoms with Crippen molar-refractivity contribution in [1.29, 1.82) is 0 Å². The Morgan fingerprint density at radius 1 is 0.516 bits per heavy atom. The van der Waals surface area contributed by atoms with E-state index in [1.807, 2.05) is 0 Å². The molecule has 31 heavy (non-hydrogen) atoms. The summed E-state index contributed by atoms with van der Waals surface area (Å²) >= 11 is 0. The Labute approximate surface area is 183 Å². The van der Waals surface area contributed by atoms with E-state index in [1.165, 1.54) is 0 Å². The summed E-state index contributed by atoms with van der Waals surface area (Å²) in [5.41, 5.74) is 6.27. The van der Waals surface area contributed by atoms with Gasteiger partial charge in [-0.05, 0) is 52.6 Å². The Bertz CT molecular complexity index is 1440. The molecule has 6 rings (SSSR count). The van der Waals surface area contributed by atoms with Gasteiger partial charge in [0, 0.05) is 56.1 Å². The molecule has 0 N–H and O–H groups in total. The summed E-state index contributed by atoms with van der Waals surface area (Å²) in [5.74, 6) is -1.10. The largest absolute Gasteiger partial charge is 0.347 e. The molecule has 152 valence electrons. The van der Waals surface area contributed by atoms with Crippen LogP contribution in [0.5, 0.6) is 0 Å². The third-order valence-corrected chi connectivity index (χ3v) is 6.62. The number of hydrogen-bond donors (Lipinski definition) is 0. The monoisotopic (exact) mass is 404 g/mol. The predicted octanol–water partition coefficient (Wildman–Crippen LogP) is 6.34. The third-order valence-electron chi connectivity index (χ3n) is 6.62. The molecule has 0 radical (unpaired) electrons. The SMILES string of the molecule is [2H]C(c1cc2ccccc2n1C)(c1cc2ccccc2n1C)c1cc2ccccc2n1C. The summed E-state index contributed by atoms with van der Waals surface area (Å²) in [5, 5.41) is 3.46. The Morgan fingerprint density at radius 2 is 0.806 bits per heavy atom. The van der Waals surface area contributed by atoms with E-state index in [0.29, 0.717) is 0 Å². The van der Waals surface area contributed by atoms with Gasteiger partial charge >= 0.3 is 0 Å². The number of aryl methyl sites for hydroxylation is 3. The van der Waals surface area contributed by atoms with Crippen LogP contribution in [0, 0.1) is 0 Å². The topological polar surface area (TPSA) is 14.8 Å².